The van der Waals surface area contributed by atoms with Crippen LogP contribution in [0.5, 0.6) is 0 Å². The van der Waals surface area contributed by atoms with Crippen LogP contribution in [0.25, 0.3) is 11.3 Å². The first-order chi connectivity index (χ1) is 15.1. The number of fused-ring (bicyclic) bond motifs is 4. The maximum absolute atomic E-state index is 13.7. The molecule has 0 spiro atoms. The SMILES string of the molecule is CCC[C@H]1[C@H]2C[C@H](CN(C(=O)c3cn[nH]c3-c3cccc(F)c3)C2)c2cccc(=O)n21. The molecule has 3 aromatic rings. The molecule has 7 heteroatoms. The van der Waals surface area contributed by atoms with Gasteiger partial charge >= 0.3 is 0 Å². The maximum Gasteiger partial charge on any atom is 0.257 e. The number of likely N-dealkylation sites (tertiary alicyclic amines) is 1. The van der Waals surface area contributed by atoms with E-state index in [9.17, 15) is 14.0 Å². The Labute approximate surface area is 179 Å². The molecule has 4 heterocycles. The van der Waals surface area contributed by atoms with Gasteiger partial charge in [0, 0.05) is 42.4 Å². The second-order valence-corrected chi connectivity index (χ2v) is 8.59. The largest absolute Gasteiger partial charge is 0.338 e. The van der Waals surface area contributed by atoms with Gasteiger partial charge in [-0.2, -0.15) is 5.10 Å². The lowest BCUT2D eigenvalue weighted by Gasteiger charge is -2.47. The molecule has 31 heavy (non-hydrogen) atoms. The average molecular weight is 420 g/mol. The molecule has 1 amide bonds. The van der Waals surface area contributed by atoms with Crippen LogP contribution >= 0.6 is 0 Å². The van der Waals surface area contributed by atoms with Crippen LogP contribution < -0.4 is 5.56 Å². The predicted octanol–water partition coefficient (Wildman–Crippen LogP) is 3.98. The minimum Gasteiger partial charge on any atom is -0.338 e. The molecule has 3 atom stereocenters. The van der Waals surface area contributed by atoms with Crippen LogP contribution in [0, 0.1) is 11.7 Å². The van der Waals surface area contributed by atoms with Gasteiger partial charge in [-0.1, -0.05) is 31.5 Å². The van der Waals surface area contributed by atoms with Gasteiger partial charge in [0.2, 0.25) is 0 Å². The lowest BCUT2D eigenvalue weighted by atomic mass is 9.77. The summed E-state index contributed by atoms with van der Waals surface area (Å²) in [6.45, 7) is 3.29. The van der Waals surface area contributed by atoms with E-state index in [-0.39, 0.29) is 35.2 Å². The van der Waals surface area contributed by atoms with Crippen molar-refractivity contribution in [3.63, 3.8) is 0 Å². The minimum absolute atomic E-state index is 0.0497. The molecule has 1 N–H and O–H groups in total. The zero-order valence-corrected chi connectivity index (χ0v) is 17.4. The van der Waals surface area contributed by atoms with Crippen molar-refractivity contribution in [1.29, 1.82) is 0 Å². The third kappa shape index (κ3) is 3.38. The molecule has 2 bridgehead atoms. The average Bonchev–Trinajstić information content (AvgIpc) is 3.26. The van der Waals surface area contributed by atoms with Gasteiger partial charge in [-0.05, 0) is 37.0 Å². The van der Waals surface area contributed by atoms with Crippen LogP contribution in [0.1, 0.15) is 54.2 Å². The number of hydrogen-bond acceptors (Lipinski definition) is 3. The molecule has 2 aliphatic rings. The first kappa shape index (κ1) is 19.7. The molecule has 160 valence electrons. The second-order valence-electron chi connectivity index (χ2n) is 8.59. The molecule has 0 unspecified atom stereocenters. The standard InChI is InChI=1S/C24H25FN4O2/c1-2-5-20-16-10-17(21-8-4-9-22(30)29(20)21)14-28(13-16)24(31)19-12-26-27-23(19)15-6-3-7-18(25)11-15/h3-4,6-9,11-12,16-17,20H,2,5,10,13-14H2,1H3,(H,26,27)/t16-,17+,20-/m0/s1. The molecule has 1 saturated heterocycles. The Morgan fingerprint density at radius 2 is 2.06 bits per heavy atom. The molecule has 5 rings (SSSR count). The van der Waals surface area contributed by atoms with Crippen molar-refractivity contribution in [1.82, 2.24) is 19.7 Å². The number of nitrogens with one attached hydrogen (secondary N) is 1. The molecule has 1 aromatic carbocycles. The first-order valence-electron chi connectivity index (χ1n) is 10.9. The van der Waals surface area contributed by atoms with Crippen molar-refractivity contribution in [2.75, 3.05) is 13.1 Å². The number of carbonyl (C=O) groups excluding carboxylic acids is 1. The van der Waals surface area contributed by atoms with E-state index in [1.807, 2.05) is 21.6 Å². The van der Waals surface area contributed by atoms with E-state index < -0.39 is 0 Å². The summed E-state index contributed by atoms with van der Waals surface area (Å²) in [6.07, 6.45) is 4.40. The number of aromatic nitrogens is 3. The van der Waals surface area contributed by atoms with Gasteiger partial charge in [-0.3, -0.25) is 14.7 Å². The van der Waals surface area contributed by atoms with Crippen molar-refractivity contribution in [3.05, 3.63) is 76.1 Å². The topological polar surface area (TPSA) is 71.0 Å². The summed E-state index contributed by atoms with van der Waals surface area (Å²) < 4.78 is 15.7. The number of halogens is 1. The number of hydrogen-bond donors (Lipinski definition) is 1. The number of piperidine rings is 1. The van der Waals surface area contributed by atoms with Gasteiger partial charge in [-0.25, -0.2) is 4.39 Å². The summed E-state index contributed by atoms with van der Waals surface area (Å²) in [7, 11) is 0. The highest BCUT2D eigenvalue weighted by Gasteiger charge is 2.41. The summed E-state index contributed by atoms with van der Waals surface area (Å²) in [5.41, 5.74) is 2.65. The van der Waals surface area contributed by atoms with E-state index >= 15 is 0 Å². The molecule has 6 nitrogen and oxygen atoms in total. The van der Waals surface area contributed by atoms with Crippen LogP contribution in [0.3, 0.4) is 0 Å². The molecule has 1 fully saturated rings. The molecular weight excluding hydrogens is 395 g/mol. The summed E-state index contributed by atoms with van der Waals surface area (Å²) in [6, 6.07) is 11.7. The van der Waals surface area contributed by atoms with E-state index in [1.54, 1.807) is 18.2 Å². The highest BCUT2D eigenvalue weighted by Crippen LogP contribution is 2.43. The van der Waals surface area contributed by atoms with Crippen molar-refractivity contribution < 1.29 is 9.18 Å². The first-order valence-corrected chi connectivity index (χ1v) is 10.9. The highest BCUT2D eigenvalue weighted by molar-refractivity contribution is 5.99. The van der Waals surface area contributed by atoms with Crippen LogP contribution in [-0.4, -0.2) is 38.7 Å². The zero-order valence-electron chi connectivity index (χ0n) is 17.4. The Balaban J connectivity index is 1.49. The Bertz CT molecular complexity index is 1180. The molecular formula is C24H25FN4O2. The third-order valence-corrected chi connectivity index (χ3v) is 6.65. The quantitative estimate of drug-likeness (QED) is 0.694. The number of rotatable bonds is 4. The number of H-pyrrole nitrogens is 1. The lowest BCUT2D eigenvalue weighted by Crippen LogP contribution is -2.51. The second kappa shape index (κ2) is 7.80. The number of pyridine rings is 1. The summed E-state index contributed by atoms with van der Waals surface area (Å²) >= 11 is 0. The van der Waals surface area contributed by atoms with Gasteiger partial charge in [0.25, 0.3) is 11.5 Å². The summed E-state index contributed by atoms with van der Waals surface area (Å²) in [5, 5.41) is 6.93. The van der Waals surface area contributed by atoms with Gasteiger partial charge in [0.1, 0.15) is 5.82 Å². The smallest absolute Gasteiger partial charge is 0.257 e. The Morgan fingerprint density at radius 3 is 2.87 bits per heavy atom. The van der Waals surface area contributed by atoms with E-state index in [1.165, 1.54) is 18.3 Å². The fourth-order valence-corrected chi connectivity index (χ4v) is 5.36. The van der Waals surface area contributed by atoms with Crippen LogP contribution in [-0.2, 0) is 0 Å². The molecule has 0 radical (unpaired) electrons. The van der Waals surface area contributed by atoms with E-state index in [0.29, 0.717) is 29.9 Å². The maximum atomic E-state index is 13.7. The predicted molar refractivity (Wildman–Crippen MR) is 115 cm³/mol. The number of amides is 1. The molecule has 2 aliphatic heterocycles. The number of nitrogens with zero attached hydrogens (tertiary/aromatic N) is 3. The summed E-state index contributed by atoms with van der Waals surface area (Å²) in [4.78, 5) is 28.1. The Morgan fingerprint density at radius 1 is 1.23 bits per heavy atom. The number of benzene rings is 1. The van der Waals surface area contributed by atoms with Crippen LogP contribution in [0.4, 0.5) is 4.39 Å². The lowest BCUT2D eigenvalue weighted by molar-refractivity contribution is 0.0519. The van der Waals surface area contributed by atoms with Crippen molar-refractivity contribution in [2.24, 2.45) is 5.92 Å². The monoisotopic (exact) mass is 420 g/mol. The normalized spacial score (nSPS) is 22.3. The molecule has 0 saturated carbocycles. The van der Waals surface area contributed by atoms with Gasteiger partial charge in [0.15, 0.2) is 0 Å². The zero-order chi connectivity index (χ0) is 21.5. The number of aromatic amines is 1. The van der Waals surface area contributed by atoms with Gasteiger partial charge in [0.05, 0.1) is 17.5 Å². The fourth-order valence-electron chi connectivity index (χ4n) is 5.36. The highest BCUT2D eigenvalue weighted by atomic mass is 19.1. The van der Waals surface area contributed by atoms with Crippen LogP contribution in [0.15, 0.2) is 53.5 Å². The van der Waals surface area contributed by atoms with E-state index in [4.69, 9.17) is 0 Å². The van der Waals surface area contributed by atoms with Crippen molar-refractivity contribution in [3.8, 4) is 11.3 Å². The Hall–Kier alpha value is -3.22. The van der Waals surface area contributed by atoms with Crippen LogP contribution in [0.2, 0.25) is 0 Å². The van der Waals surface area contributed by atoms with E-state index in [0.717, 1.165) is 25.0 Å². The minimum atomic E-state index is -0.359. The summed E-state index contributed by atoms with van der Waals surface area (Å²) in [5.74, 6) is -0.0962. The molecule has 0 aliphatic carbocycles. The van der Waals surface area contributed by atoms with Crippen molar-refractivity contribution >= 4 is 5.91 Å². The number of carbonyl (C=O) groups is 1. The van der Waals surface area contributed by atoms with Crippen molar-refractivity contribution in [2.45, 2.75) is 38.1 Å². The Kier molecular flexibility index (Phi) is 4.96. The third-order valence-electron chi connectivity index (χ3n) is 6.65. The van der Waals surface area contributed by atoms with Gasteiger partial charge in [-0.15, -0.1) is 0 Å². The van der Waals surface area contributed by atoms with E-state index in [2.05, 4.69) is 17.1 Å². The molecule has 2 aromatic heterocycles. The van der Waals surface area contributed by atoms with Gasteiger partial charge < -0.3 is 9.47 Å². The fraction of sp³-hybridized carbons (Fsp3) is 0.375.